The summed E-state index contributed by atoms with van der Waals surface area (Å²) in [6.07, 6.45) is 67.8. The fourth-order valence-electron chi connectivity index (χ4n) is 10.6. The molecule has 5 unspecified atom stereocenters. The Morgan fingerprint density at radius 1 is 0.302 bits per heavy atom. The van der Waals surface area contributed by atoms with Gasteiger partial charge in [0, 0.05) is 25.7 Å². The van der Waals surface area contributed by atoms with Crippen LogP contribution in [0.3, 0.4) is 0 Å². The van der Waals surface area contributed by atoms with Crippen LogP contribution in [0.1, 0.15) is 349 Å². The first kappa shape index (κ1) is 92.8. The molecule has 0 aromatic heterocycles. The Hall–Kier alpha value is -3.24. The highest BCUT2D eigenvalue weighted by Gasteiger charge is 2.30. The molecule has 0 saturated heterocycles. The third kappa shape index (κ3) is 69.2. The fourth-order valence-corrected chi connectivity index (χ4v) is 12.1. The van der Waals surface area contributed by atoms with Crippen LogP contribution in [0.4, 0.5) is 0 Å². The van der Waals surface area contributed by atoms with Crippen molar-refractivity contribution in [2.75, 3.05) is 39.6 Å². The molecule has 0 radical (unpaired) electrons. The average molecular weight is 1400 g/mol. The zero-order valence-corrected chi connectivity index (χ0v) is 62.8. The van der Waals surface area contributed by atoms with Gasteiger partial charge in [0.25, 0.3) is 0 Å². The second-order valence-corrected chi connectivity index (χ2v) is 28.8. The molecule has 0 aliphatic carbocycles. The van der Waals surface area contributed by atoms with Crippen LogP contribution < -0.4 is 0 Å². The monoisotopic (exact) mass is 1400 g/mol. The molecule has 0 aliphatic heterocycles. The third-order valence-electron chi connectivity index (χ3n) is 16.5. The lowest BCUT2D eigenvalue weighted by molar-refractivity contribution is -0.161. The van der Waals surface area contributed by atoms with E-state index in [1.165, 1.54) is 116 Å². The van der Waals surface area contributed by atoms with E-state index < -0.39 is 97.5 Å². The van der Waals surface area contributed by atoms with Gasteiger partial charge >= 0.3 is 39.5 Å². The van der Waals surface area contributed by atoms with Gasteiger partial charge in [-0.3, -0.25) is 37.3 Å². The van der Waals surface area contributed by atoms with Crippen molar-refractivity contribution < 1.29 is 80.2 Å². The van der Waals surface area contributed by atoms with Gasteiger partial charge in [-0.25, -0.2) is 9.13 Å². The molecule has 17 nitrogen and oxygen atoms in total. The summed E-state index contributed by atoms with van der Waals surface area (Å²) in [6.45, 7) is 4.74. The van der Waals surface area contributed by atoms with E-state index in [2.05, 4.69) is 88.5 Å². The summed E-state index contributed by atoms with van der Waals surface area (Å²) in [7, 11) is -9.94. The number of unbranched alkanes of at least 4 members (excludes halogenated alkanes) is 37. The molecular weight excluding hydrogens is 1260 g/mol. The lowest BCUT2D eigenvalue weighted by Gasteiger charge is -2.21. The van der Waals surface area contributed by atoms with Gasteiger partial charge in [0.05, 0.1) is 26.4 Å². The molecule has 0 aliphatic rings. The van der Waals surface area contributed by atoms with Crippen LogP contribution in [-0.4, -0.2) is 96.7 Å². The zero-order valence-electron chi connectivity index (χ0n) is 61.1. The molecule has 3 N–H and O–H groups in total. The number of carbonyl (C=O) groups is 4. The maximum atomic E-state index is 13.1. The van der Waals surface area contributed by atoms with Gasteiger partial charge in [-0.2, -0.15) is 0 Å². The van der Waals surface area contributed by atoms with Crippen molar-refractivity contribution in [2.24, 2.45) is 0 Å². The smallest absolute Gasteiger partial charge is 0.462 e. The molecule has 0 bridgehead atoms. The summed E-state index contributed by atoms with van der Waals surface area (Å²) in [4.78, 5) is 72.8. The fraction of sp³-hybridized carbons (Fsp3) is 0.818. The van der Waals surface area contributed by atoms with E-state index in [4.69, 9.17) is 37.0 Å². The minimum absolute atomic E-state index is 0.0866. The van der Waals surface area contributed by atoms with Crippen molar-refractivity contribution in [3.8, 4) is 0 Å². The number of hydrogen-bond donors (Lipinski definition) is 3. The van der Waals surface area contributed by atoms with Crippen molar-refractivity contribution in [1.82, 2.24) is 0 Å². The SMILES string of the molecule is CC/C=C\C/C=C\C/C=C\CCCCCCCC(=O)OCC(COP(=O)(O)OCC(O)COP(=O)(O)OCC(COC(=O)CCCCCCC/C=C\CCCCCCCC)OC(=O)CCCCCCC/C=C\CCCC)OC(=O)CCCCCCCCCCCCCCCCC. The Labute approximate surface area is 584 Å². The molecule has 0 heterocycles. The minimum Gasteiger partial charge on any atom is -0.462 e. The largest absolute Gasteiger partial charge is 0.472 e. The van der Waals surface area contributed by atoms with Crippen LogP contribution >= 0.6 is 15.6 Å². The molecule has 0 aromatic rings. The number of aliphatic hydroxyl groups excluding tert-OH is 1. The molecule has 0 fully saturated rings. The number of ether oxygens (including phenoxy) is 4. The maximum Gasteiger partial charge on any atom is 0.472 e. The molecular formula is C77H140O17P2. The predicted molar refractivity (Wildman–Crippen MR) is 390 cm³/mol. The number of aliphatic hydroxyl groups is 1. The van der Waals surface area contributed by atoms with Crippen molar-refractivity contribution in [1.29, 1.82) is 0 Å². The average Bonchev–Trinajstić information content (AvgIpc) is 1.09. The van der Waals surface area contributed by atoms with Crippen molar-refractivity contribution in [3.63, 3.8) is 0 Å². The number of hydrogen-bond acceptors (Lipinski definition) is 15. The van der Waals surface area contributed by atoms with Gasteiger partial charge in [0.1, 0.15) is 19.3 Å². The predicted octanol–water partition coefficient (Wildman–Crippen LogP) is 21.9. The van der Waals surface area contributed by atoms with Crippen LogP contribution in [0.2, 0.25) is 0 Å². The highest BCUT2D eigenvalue weighted by Crippen LogP contribution is 2.45. The molecule has 0 spiro atoms. The molecule has 0 aromatic carbocycles. The van der Waals surface area contributed by atoms with Gasteiger partial charge in [-0.15, -0.1) is 0 Å². The second kappa shape index (κ2) is 70.2. The molecule has 5 atom stereocenters. The maximum absolute atomic E-state index is 13.1. The number of esters is 4. The van der Waals surface area contributed by atoms with Crippen LogP contribution in [0.15, 0.2) is 60.8 Å². The van der Waals surface area contributed by atoms with Crippen LogP contribution in [0.5, 0.6) is 0 Å². The first-order valence-corrected chi connectivity index (χ1v) is 41.5. The summed E-state index contributed by atoms with van der Waals surface area (Å²) >= 11 is 0. The molecule has 19 heteroatoms. The summed E-state index contributed by atoms with van der Waals surface area (Å²) in [5.41, 5.74) is 0. The number of rotatable bonds is 73. The van der Waals surface area contributed by atoms with E-state index in [0.29, 0.717) is 25.7 Å². The van der Waals surface area contributed by atoms with E-state index in [-0.39, 0.29) is 25.7 Å². The van der Waals surface area contributed by atoms with Gasteiger partial charge in [-0.05, 0) is 103 Å². The number of phosphoric acid groups is 2. The molecule has 96 heavy (non-hydrogen) atoms. The molecule has 0 amide bonds. The van der Waals surface area contributed by atoms with Crippen molar-refractivity contribution in [3.05, 3.63) is 60.8 Å². The van der Waals surface area contributed by atoms with Crippen LogP contribution in [0, 0.1) is 0 Å². The van der Waals surface area contributed by atoms with E-state index in [1.54, 1.807) is 0 Å². The van der Waals surface area contributed by atoms with E-state index in [1.807, 2.05) is 0 Å². The second-order valence-electron chi connectivity index (χ2n) is 25.9. The first-order chi connectivity index (χ1) is 46.7. The third-order valence-corrected chi connectivity index (χ3v) is 18.4. The quantitative estimate of drug-likeness (QED) is 0.0169. The minimum atomic E-state index is -4.97. The summed E-state index contributed by atoms with van der Waals surface area (Å²) in [5, 5.41) is 10.6. The first-order valence-electron chi connectivity index (χ1n) is 38.5. The van der Waals surface area contributed by atoms with Crippen LogP contribution in [0.25, 0.3) is 0 Å². The number of allylic oxidation sites excluding steroid dienone is 10. The van der Waals surface area contributed by atoms with Crippen molar-refractivity contribution in [2.45, 2.75) is 367 Å². The van der Waals surface area contributed by atoms with Gasteiger partial charge < -0.3 is 33.8 Å². The van der Waals surface area contributed by atoms with Crippen LogP contribution in [-0.2, 0) is 65.4 Å². The van der Waals surface area contributed by atoms with Gasteiger partial charge in [0.2, 0.25) is 0 Å². The highest BCUT2D eigenvalue weighted by molar-refractivity contribution is 7.47. The summed E-state index contributed by atoms with van der Waals surface area (Å²) < 4.78 is 68.4. The van der Waals surface area contributed by atoms with Gasteiger partial charge in [0.15, 0.2) is 12.2 Å². The Morgan fingerprint density at radius 2 is 0.552 bits per heavy atom. The Morgan fingerprint density at radius 3 is 0.875 bits per heavy atom. The number of phosphoric ester groups is 2. The Bertz CT molecular complexity index is 2060. The lowest BCUT2D eigenvalue weighted by atomic mass is 10.0. The molecule has 0 rings (SSSR count). The standard InChI is InChI=1S/C77H140O17P2/c1-5-9-13-17-21-25-29-32-35-38-42-45-49-53-57-61-74(79)87-67-72(93-76(81)63-59-55-51-47-41-28-24-20-16-12-8-4)69-91-95(83,84)89-65-71(78)66-90-96(85,86)92-70-73(94-77(82)64-60-56-52-48-44-40-37-34-31-27-23-19-15-11-7-3)68-88-75(80)62-58-54-50-46-43-39-36-33-30-26-22-18-14-10-6-2/h10,14,20,22,24,26,32-33,35-36,71-73,78H,5-9,11-13,15-19,21,23,25,27-31,34,37-70H2,1-4H3,(H,83,84)(H,85,86)/b14-10-,24-20-,26-22-,35-32-,36-33-. The topological polar surface area (TPSA) is 237 Å². The van der Waals surface area contributed by atoms with Gasteiger partial charge in [-0.1, -0.05) is 281 Å². The normalized spacial score (nSPS) is 14.3. The molecule has 0 saturated carbocycles. The lowest BCUT2D eigenvalue weighted by Crippen LogP contribution is -2.30. The van der Waals surface area contributed by atoms with E-state index in [9.17, 15) is 43.2 Å². The number of carbonyl (C=O) groups excluding carboxylic acids is 4. The highest BCUT2D eigenvalue weighted by atomic mass is 31.2. The zero-order chi connectivity index (χ0) is 70.4. The van der Waals surface area contributed by atoms with E-state index in [0.717, 1.165) is 154 Å². The Balaban J connectivity index is 5.31. The summed E-state index contributed by atoms with van der Waals surface area (Å²) in [5.74, 6) is -2.18. The van der Waals surface area contributed by atoms with E-state index >= 15 is 0 Å². The Kier molecular flexibility index (Phi) is 67.8. The van der Waals surface area contributed by atoms with Crippen molar-refractivity contribution >= 4 is 39.5 Å². The molecule has 560 valence electrons. The summed E-state index contributed by atoms with van der Waals surface area (Å²) in [6, 6.07) is 0.